The van der Waals surface area contributed by atoms with Crippen LogP contribution in [0.15, 0.2) is 59.5 Å². The molecule has 11 heteroatoms. The van der Waals surface area contributed by atoms with E-state index in [0.717, 1.165) is 12.0 Å². The van der Waals surface area contributed by atoms with Gasteiger partial charge in [0.15, 0.2) is 5.76 Å². The summed E-state index contributed by atoms with van der Waals surface area (Å²) in [4.78, 5) is 31.2. The second kappa shape index (κ2) is 9.22. The molecule has 5 rings (SSSR count). The third-order valence-electron chi connectivity index (χ3n) is 5.55. The maximum atomic E-state index is 12.9. The fourth-order valence-electron chi connectivity index (χ4n) is 3.68. The van der Waals surface area contributed by atoms with Crippen molar-refractivity contribution in [2.75, 3.05) is 25.0 Å². The minimum absolute atomic E-state index is 0.0109. The smallest absolute Gasteiger partial charge is 0.317 e. The van der Waals surface area contributed by atoms with Crippen molar-refractivity contribution in [3.63, 3.8) is 0 Å². The number of nitrogens with one attached hydrogen (secondary N) is 3. The van der Waals surface area contributed by atoms with Crippen molar-refractivity contribution in [3.05, 3.63) is 60.9 Å². The van der Waals surface area contributed by atoms with Crippen molar-refractivity contribution in [3.8, 4) is 22.7 Å². The predicted octanol–water partition coefficient (Wildman–Crippen LogP) is 3.16. The molecule has 11 nitrogen and oxygen atoms in total. The Kier molecular flexibility index (Phi) is 5.81. The van der Waals surface area contributed by atoms with E-state index >= 15 is 0 Å². The molecule has 1 saturated heterocycles. The number of urea groups is 1. The first-order valence-corrected chi connectivity index (χ1v) is 11.1. The van der Waals surface area contributed by atoms with Gasteiger partial charge in [-0.3, -0.25) is 19.6 Å². The predicted molar refractivity (Wildman–Crippen MR) is 124 cm³/mol. The summed E-state index contributed by atoms with van der Waals surface area (Å²) in [6.07, 6.45) is 7.64. The Balaban J connectivity index is 1.35. The number of anilines is 1. The largest absolute Gasteiger partial charge is 0.451 e. The van der Waals surface area contributed by atoms with Gasteiger partial charge in [0.1, 0.15) is 11.5 Å². The van der Waals surface area contributed by atoms with Crippen molar-refractivity contribution in [2.24, 2.45) is 0 Å². The summed E-state index contributed by atoms with van der Waals surface area (Å²) in [6.45, 7) is 3.74. The molecule has 1 aliphatic heterocycles. The van der Waals surface area contributed by atoms with Crippen LogP contribution in [0, 0.1) is 0 Å². The molecule has 5 heterocycles. The summed E-state index contributed by atoms with van der Waals surface area (Å²) in [7, 11) is 0. The van der Waals surface area contributed by atoms with Crippen molar-refractivity contribution in [1.82, 2.24) is 35.2 Å². The van der Waals surface area contributed by atoms with Crippen LogP contribution in [0.2, 0.25) is 0 Å². The van der Waals surface area contributed by atoms with Gasteiger partial charge in [-0.25, -0.2) is 4.79 Å². The molecular weight excluding hydrogens is 436 g/mol. The molecule has 1 fully saturated rings. The lowest BCUT2D eigenvalue weighted by Crippen LogP contribution is -2.54. The monoisotopic (exact) mass is 460 g/mol. The van der Waals surface area contributed by atoms with E-state index in [4.69, 9.17) is 4.42 Å². The number of H-pyrrole nitrogens is 1. The Morgan fingerprint density at radius 1 is 1.24 bits per heavy atom. The zero-order valence-electron chi connectivity index (χ0n) is 18.6. The third kappa shape index (κ3) is 4.27. The molecule has 0 unspecified atom stereocenters. The molecule has 0 spiro atoms. The number of furan rings is 1. The van der Waals surface area contributed by atoms with E-state index in [1.54, 1.807) is 46.5 Å². The number of hydrogen-bond acceptors (Lipinski definition) is 6. The summed E-state index contributed by atoms with van der Waals surface area (Å²) >= 11 is 0. The summed E-state index contributed by atoms with van der Waals surface area (Å²) in [6, 6.07) is 8.78. The van der Waals surface area contributed by atoms with Gasteiger partial charge in [-0.05, 0) is 30.7 Å². The maximum Gasteiger partial charge on any atom is 0.317 e. The second-order valence-electron chi connectivity index (χ2n) is 7.98. The topological polar surface area (TPSA) is 134 Å². The second-order valence-corrected chi connectivity index (χ2v) is 7.98. The van der Waals surface area contributed by atoms with Gasteiger partial charge in [0.05, 0.1) is 29.2 Å². The number of amides is 3. The minimum Gasteiger partial charge on any atom is -0.451 e. The van der Waals surface area contributed by atoms with E-state index in [-0.39, 0.29) is 17.8 Å². The molecule has 4 aromatic rings. The Morgan fingerprint density at radius 2 is 2.12 bits per heavy atom. The first kappa shape index (κ1) is 21.4. The molecule has 0 radical (unpaired) electrons. The van der Waals surface area contributed by atoms with Gasteiger partial charge < -0.3 is 20.0 Å². The quantitative estimate of drug-likeness (QED) is 0.388. The molecule has 0 bridgehead atoms. The molecule has 3 amide bonds. The van der Waals surface area contributed by atoms with Crippen molar-refractivity contribution >= 4 is 17.6 Å². The Bertz CT molecular complexity index is 1270. The lowest BCUT2D eigenvalue weighted by atomic mass is 10.1. The van der Waals surface area contributed by atoms with Crippen molar-refractivity contribution in [1.29, 1.82) is 0 Å². The van der Waals surface area contributed by atoms with E-state index in [9.17, 15) is 9.59 Å². The van der Waals surface area contributed by atoms with Crippen LogP contribution >= 0.6 is 0 Å². The standard InChI is InChI=1S/C23H24N8O3/c1-2-8-25-23(33)30-12-16(13-30)31-14-18(21(29-31)17-5-3-4-9-24-17)28-22(32)20-7-6-19(34-20)15-10-26-27-11-15/h3-7,9-11,14,16H,2,8,12-13H2,1H3,(H,25,33)(H,26,27)(H,28,32). The average molecular weight is 460 g/mol. The number of rotatable bonds is 7. The summed E-state index contributed by atoms with van der Waals surface area (Å²) in [5, 5.41) is 17.1. The zero-order chi connectivity index (χ0) is 23.5. The van der Waals surface area contributed by atoms with Crippen LogP contribution in [0.3, 0.4) is 0 Å². The lowest BCUT2D eigenvalue weighted by Gasteiger charge is -2.39. The van der Waals surface area contributed by atoms with Crippen molar-refractivity contribution < 1.29 is 14.0 Å². The molecule has 0 aliphatic carbocycles. The molecule has 1 aliphatic rings. The van der Waals surface area contributed by atoms with Gasteiger partial charge in [0.2, 0.25) is 0 Å². The first-order valence-electron chi connectivity index (χ1n) is 11.1. The Labute approximate surface area is 195 Å². The number of nitrogens with zero attached hydrogens (tertiary/aromatic N) is 5. The number of likely N-dealkylation sites (tertiary alicyclic amines) is 1. The van der Waals surface area contributed by atoms with Crippen molar-refractivity contribution in [2.45, 2.75) is 19.4 Å². The summed E-state index contributed by atoms with van der Waals surface area (Å²) in [5.74, 6) is 0.300. The average Bonchev–Trinajstić information content (AvgIpc) is 3.58. The Hall–Kier alpha value is -4.41. The van der Waals surface area contributed by atoms with Gasteiger partial charge in [0.25, 0.3) is 5.91 Å². The number of aromatic nitrogens is 5. The SMILES string of the molecule is CCCNC(=O)N1CC(n2cc(NC(=O)c3ccc(-c4cn[nH]c4)o3)c(-c3ccccn3)n2)C1. The van der Waals surface area contributed by atoms with Crippen LogP contribution in [0.4, 0.5) is 10.5 Å². The maximum absolute atomic E-state index is 12.9. The summed E-state index contributed by atoms with van der Waals surface area (Å²) < 4.78 is 7.48. The van der Waals surface area contributed by atoms with Crippen LogP contribution < -0.4 is 10.6 Å². The van der Waals surface area contributed by atoms with E-state index < -0.39 is 5.91 Å². The van der Waals surface area contributed by atoms with Crippen LogP contribution in [0.1, 0.15) is 29.9 Å². The van der Waals surface area contributed by atoms with Crippen LogP contribution in [-0.2, 0) is 0 Å². The highest BCUT2D eigenvalue weighted by Crippen LogP contribution is 2.30. The van der Waals surface area contributed by atoms with E-state index in [2.05, 4.69) is 30.9 Å². The van der Waals surface area contributed by atoms with Gasteiger partial charge in [-0.1, -0.05) is 13.0 Å². The molecule has 3 N–H and O–H groups in total. The van der Waals surface area contributed by atoms with E-state index in [1.165, 1.54) is 0 Å². The molecule has 0 aromatic carbocycles. The highest BCUT2D eigenvalue weighted by Gasteiger charge is 2.33. The molecule has 0 saturated carbocycles. The van der Waals surface area contributed by atoms with Crippen LogP contribution in [0.25, 0.3) is 22.7 Å². The normalized spacial score (nSPS) is 13.5. The molecule has 174 valence electrons. The molecular formula is C23H24N8O3. The zero-order valence-corrected chi connectivity index (χ0v) is 18.6. The molecule has 34 heavy (non-hydrogen) atoms. The van der Waals surface area contributed by atoms with Crippen LogP contribution in [-0.4, -0.2) is 61.4 Å². The fourth-order valence-corrected chi connectivity index (χ4v) is 3.68. The lowest BCUT2D eigenvalue weighted by molar-refractivity contribution is 0.0997. The van der Waals surface area contributed by atoms with E-state index in [1.807, 2.05) is 25.1 Å². The third-order valence-corrected chi connectivity index (χ3v) is 5.55. The number of carbonyl (C=O) groups excluding carboxylic acids is 2. The highest BCUT2D eigenvalue weighted by molar-refractivity contribution is 6.04. The Morgan fingerprint density at radius 3 is 2.85 bits per heavy atom. The van der Waals surface area contributed by atoms with Gasteiger partial charge >= 0.3 is 6.03 Å². The first-order chi connectivity index (χ1) is 16.6. The van der Waals surface area contributed by atoms with Gasteiger partial charge in [-0.2, -0.15) is 10.2 Å². The van der Waals surface area contributed by atoms with Crippen LogP contribution in [0.5, 0.6) is 0 Å². The summed E-state index contributed by atoms with van der Waals surface area (Å²) in [5.41, 5.74) is 2.44. The van der Waals surface area contributed by atoms with Gasteiger partial charge in [-0.15, -0.1) is 0 Å². The van der Waals surface area contributed by atoms with Gasteiger partial charge in [0, 0.05) is 38.2 Å². The number of hydrogen-bond donors (Lipinski definition) is 3. The fraction of sp³-hybridized carbons (Fsp3) is 0.261. The molecule has 4 aromatic heterocycles. The van der Waals surface area contributed by atoms with E-state index in [0.29, 0.717) is 42.5 Å². The minimum atomic E-state index is -0.402. The highest BCUT2D eigenvalue weighted by atomic mass is 16.4. The number of carbonyl (C=O) groups is 2. The molecule has 0 atom stereocenters. The number of pyridine rings is 1. The number of aromatic amines is 1.